The van der Waals surface area contributed by atoms with Crippen molar-refractivity contribution < 1.29 is 24.2 Å². The number of carbonyl (C=O) groups is 2. The van der Waals surface area contributed by atoms with Gasteiger partial charge in [-0.25, -0.2) is 0 Å². The Morgan fingerprint density at radius 1 is 0.273 bits per heavy atom. The van der Waals surface area contributed by atoms with E-state index in [1.165, 1.54) is 283 Å². The highest BCUT2D eigenvalue weighted by molar-refractivity contribution is 5.70. The van der Waals surface area contributed by atoms with Crippen molar-refractivity contribution >= 4 is 11.9 Å². The Morgan fingerprint density at radius 3 is 0.739 bits per heavy atom. The molecule has 0 aliphatic rings. The van der Waals surface area contributed by atoms with Crippen LogP contribution in [0.1, 0.15) is 399 Å². The van der Waals surface area contributed by atoms with Crippen LogP contribution in [0.15, 0.2) is 97.2 Å². The zero-order valence-electron chi connectivity index (χ0n) is 58.7. The standard InChI is InChI=1S/C83H148O5/c1-3-5-7-9-11-13-15-17-19-21-23-25-27-29-31-33-35-37-39-40-41-42-44-46-48-50-52-54-56-58-60-62-64-66-68-70-72-74-76-78-83(86)88-81(79-84)80-87-82(85)77-75-73-71-69-67-65-63-61-59-57-55-53-51-49-47-45-43-38-36-34-32-30-28-26-24-22-20-18-16-14-12-10-8-6-4-2/h5,7,11,13,17,19,23,25,29,31,35,37,40-41,44,46,81,84H,3-4,6,8-10,12,14-16,18,20-22,24,26-28,30,32-34,36,38-39,42-43,45,47-80H2,1-2H3/b7-5-,13-11-,19-17-,25-23-,31-29-,37-35-,41-40-,46-44-. The number of unbranched alkanes of at least 4 members (excludes halogenated alkanes) is 48. The first-order valence-corrected chi connectivity index (χ1v) is 38.8. The summed E-state index contributed by atoms with van der Waals surface area (Å²) >= 11 is 0. The van der Waals surface area contributed by atoms with Gasteiger partial charge in [0.2, 0.25) is 0 Å². The smallest absolute Gasteiger partial charge is 0.306 e. The second-order valence-electron chi connectivity index (χ2n) is 26.1. The SMILES string of the molecule is CC/C=C\C/C=C\C/C=C\C/C=C\C/C=C\C/C=C\C/C=C\C/C=C\CCCCCCCCCCCCCCCCC(=O)OC(CO)COC(=O)CCCCCCCCCCCCCCCCCCCCCCCCCCCCCCCCCCCCC. The fourth-order valence-electron chi connectivity index (χ4n) is 11.6. The van der Waals surface area contributed by atoms with Gasteiger partial charge in [0, 0.05) is 12.8 Å². The van der Waals surface area contributed by atoms with E-state index in [4.69, 9.17) is 9.47 Å². The van der Waals surface area contributed by atoms with E-state index < -0.39 is 6.10 Å². The second kappa shape index (κ2) is 78.1. The van der Waals surface area contributed by atoms with Crippen LogP contribution in [0.25, 0.3) is 0 Å². The van der Waals surface area contributed by atoms with Gasteiger partial charge in [0.05, 0.1) is 6.61 Å². The van der Waals surface area contributed by atoms with Crippen molar-refractivity contribution in [3.05, 3.63) is 97.2 Å². The van der Waals surface area contributed by atoms with E-state index in [0.29, 0.717) is 12.8 Å². The molecule has 5 nitrogen and oxygen atoms in total. The summed E-state index contributed by atoms with van der Waals surface area (Å²) in [6, 6.07) is 0. The van der Waals surface area contributed by atoms with Crippen molar-refractivity contribution in [2.45, 2.75) is 405 Å². The van der Waals surface area contributed by atoms with Crippen LogP contribution < -0.4 is 0 Å². The van der Waals surface area contributed by atoms with Crippen molar-refractivity contribution in [3.8, 4) is 0 Å². The number of aliphatic hydroxyl groups is 1. The molecule has 5 heteroatoms. The van der Waals surface area contributed by atoms with Crippen LogP contribution in [-0.4, -0.2) is 36.4 Å². The zero-order chi connectivity index (χ0) is 63.3. The van der Waals surface area contributed by atoms with Gasteiger partial charge >= 0.3 is 11.9 Å². The average molecular weight is 1230 g/mol. The first kappa shape index (κ1) is 84.8. The largest absolute Gasteiger partial charge is 0.462 e. The van der Waals surface area contributed by atoms with Crippen molar-refractivity contribution in [2.24, 2.45) is 0 Å². The van der Waals surface area contributed by atoms with Crippen molar-refractivity contribution in [2.75, 3.05) is 13.2 Å². The maximum Gasteiger partial charge on any atom is 0.306 e. The van der Waals surface area contributed by atoms with Crippen LogP contribution in [0.3, 0.4) is 0 Å². The predicted octanol–water partition coefficient (Wildman–Crippen LogP) is 27.3. The number of ether oxygens (including phenoxy) is 2. The van der Waals surface area contributed by atoms with Gasteiger partial charge in [-0.15, -0.1) is 0 Å². The minimum Gasteiger partial charge on any atom is -0.462 e. The first-order valence-electron chi connectivity index (χ1n) is 38.8. The Balaban J connectivity index is 3.43. The molecule has 0 saturated heterocycles. The normalized spacial score (nSPS) is 12.7. The molecule has 0 aliphatic carbocycles. The fourth-order valence-corrected chi connectivity index (χ4v) is 11.6. The molecule has 510 valence electrons. The minimum atomic E-state index is -0.776. The summed E-state index contributed by atoms with van der Waals surface area (Å²) in [6.45, 7) is 4.08. The summed E-state index contributed by atoms with van der Waals surface area (Å²) in [6.07, 6.45) is 112. The summed E-state index contributed by atoms with van der Waals surface area (Å²) in [5.74, 6) is -0.574. The van der Waals surface area contributed by atoms with Gasteiger partial charge in [-0.3, -0.25) is 9.59 Å². The highest BCUT2D eigenvalue weighted by Crippen LogP contribution is 2.19. The number of hydrogen-bond acceptors (Lipinski definition) is 5. The quantitative estimate of drug-likeness (QED) is 0.0373. The zero-order valence-corrected chi connectivity index (χ0v) is 58.7. The maximum absolute atomic E-state index is 12.4. The Kier molecular flexibility index (Phi) is 75.2. The summed E-state index contributed by atoms with van der Waals surface area (Å²) in [7, 11) is 0. The van der Waals surface area contributed by atoms with Crippen molar-refractivity contribution in [1.82, 2.24) is 0 Å². The molecule has 0 spiro atoms. The van der Waals surface area contributed by atoms with Gasteiger partial charge in [-0.2, -0.15) is 0 Å². The van der Waals surface area contributed by atoms with Crippen LogP contribution in [-0.2, 0) is 19.1 Å². The van der Waals surface area contributed by atoms with Crippen molar-refractivity contribution in [1.29, 1.82) is 0 Å². The lowest BCUT2D eigenvalue weighted by molar-refractivity contribution is -0.161. The highest BCUT2D eigenvalue weighted by atomic mass is 16.6. The molecule has 1 atom stereocenters. The number of allylic oxidation sites excluding steroid dienone is 16. The van der Waals surface area contributed by atoms with Gasteiger partial charge in [0.1, 0.15) is 6.61 Å². The second-order valence-corrected chi connectivity index (χ2v) is 26.1. The Labute approximate surface area is 548 Å². The van der Waals surface area contributed by atoms with Crippen LogP contribution in [0.5, 0.6) is 0 Å². The summed E-state index contributed by atoms with van der Waals surface area (Å²) in [5.41, 5.74) is 0. The molecule has 1 N–H and O–H groups in total. The molecule has 0 rings (SSSR count). The third kappa shape index (κ3) is 75.3. The Bertz CT molecular complexity index is 1630. The lowest BCUT2D eigenvalue weighted by Crippen LogP contribution is -2.28. The van der Waals surface area contributed by atoms with Gasteiger partial charge in [-0.05, 0) is 77.0 Å². The molecule has 0 aliphatic heterocycles. The summed E-state index contributed by atoms with van der Waals surface area (Å²) in [4.78, 5) is 24.7. The number of aliphatic hydroxyl groups excluding tert-OH is 1. The van der Waals surface area contributed by atoms with Gasteiger partial charge in [-0.1, -0.05) is 406 Å². The third-order valence-electron chi connectivity index (χ3n) is 17.4. The minimum absolute atomic E-state index is 0.0641. The topological polar surface area (TPSA) is 72.8 Å². The van der Waals surface area contributed by atoms with Crippen LogP contribution in [0.4, 0.5) is 0 Å². The van der Waals surface area contributed by atoms with Gasteiger partial charge in [0.15, 0.2) is 6.10 Å². The first-order chi connectivity index (χ1) is 43.6. The van der Waals surface area contributed by atoms with Crippen LogP contribution in [0.2, 0.25) is 0 Å². The molecule has 0 saturated carbocycles. The number of hydrogen-bond donors (Lipinski definition) is 1. The molecule has 0 radical (unpaired) electrons. The average Bonchev–Trinajstić information content (AvgIpc) is 3.54. The Hall–Kier alpha value is -3.18. The molecule has 1 unspecified atom stereocenters. The lowest BCUT2D eigenvalue weighted by atomic mass is 10.0. The van der Waals surface area contributed by atoms with E-state index in [1.54, 1.807) is 0 Å². The maximum atomic E-state index is 12.4. The van der Waals surface area contributed by atoms with E-state index in [2.05, 4.69) is 111 Å². The van der Waals surface area contributed by atoms with E-state index in [9.17, 15) is 14.7 Å². The Morgan fingerprint density at radius 2 is 0.489 bits per heavy atom. The van der Waals surface area contributed by atoms with Gasteiger partial charge < -0.3 is 14.6 Å². The number of rotatable bonds is 72. The molecule has 88 heavy (non-hydrogen) atoms. The molecule has 0 aromatic heterocycles. The number of esters is 2. The molecule has 0 bridgehead atoms. The fraction of sp³-hybridized carbons (Fsp3) is 0.783. The van der Waals surface area contributed by atoms with E-state index >= 15 is 0 Å². The molecule has 0 aromatic rings. The van der Waals surface area contributed by atoms with E-state index in [0.717, 1.165) is 89.9 Å². The molecular formula is C83H148O5. The molecule has 0 aromatic carbocycles. The lowest BCUT2D eigenvalue weighted by Gasteiger charge is -2.15. The van der Waals surface area contributed by atoms with Gasteiger partial charge in [0.25, 0.3) is 0 Å². The summed E-state index contributed by atoms with van der Waals surface area (Å²) < 4.78 is 10.8. The molecule has 0 heterocycles. The van der Waals surface area contributed by atoms with Crippen molar-refractivity contribution in [3.63, 3.8) is 0 Å². The predicted molar refractivity (Wildman–Crippen MR) is 389 cm³/mol. The molecular weight excluding hydrogens is 1080 g/mol. The highest BCUT2D eigenvalue weighted by Gasteiger charge is 2.16. The van der Waals surface area contributed by atoms with E-state index in [1.807, 2.05) is 0 Å². The molecule has 0 amide bonds. The molecule has 0 fully saturated rings. The third-order valence-corrected chi connectivity index (χ3v) is 17.4. The van der Waals surface area contributed by atoms with Crippen LogP contribution in [0, 0.1) is 0 Å². The number of carbonyl (C=O) groups excluding carboxylic acids is 2. The van der Waals surface area contributed by atoms with E-state index in [-0.39, 0.29) is 25.2 Å². The van der Waals surface area contributed by atoms with Crippen LogP contribution >= 0.6 is 0 Å². The summed E-state index contributed by atoms with van der Waals surface area (Å²) in [5, 5.41) is 9.72. The monoisotopic (exact) mass is 1230 g/mol.